The molecule has 1 aliphatic rings. The Labute approximate surface area is 139 Å². The van der Waals surface area contributed by atoms with Crippen molar-refractivity contribution in [1.29, 1.82) is 0 Å². The molecular formula is C14H13F3N4O4. The lowest BCUT2D eigenvalue weighted by molar-refractivity contribution is -0.138. The van der Waals surface area contributed by atoms with Gasteiger partial charge in [-0.15, -0.1) is 0 Å². The molecule has 8 nitrogen and oxygen atoms in total. The maximum Gasteiger partial charge on any atom is 0.416 e. The van der Waals surface area contributed by atoms with Gasteiger partial charge in [0.05, 0.1) is 5.56 Å². The van der Waals surface area contributed by atoms with E-state index in [0.29, 0.717) is 4.90 Å². The van der Waals surface area contributed by atoms with Gasteiger partial charge in [-0.2, -0.15) is 13.2 Å². The number of nitrogens with two attached hydrogens (primary N) is 1. The number of carbonyl (C=O) groups is 4. The molecule has 0 bridgehead atoms. The zero-order chi connectivity index (χ0) is 19.0. The van der Waals surface area contributed by atoms with E-state index in [1.54, 1.807) is 5.32 Å². The molecule has 1 saturated heterocycles. The summed E-state index contributed by atoms with van der Waals surface area (Å²) in [6, 6.07) is 1.77. The average Bonchev–Trinajstić information content (AvgIpc) is 2.70. The van der Waals surface area contributed by atoms with Crippen molar-refractivity contribution in [3.63, 3.8) is 0 Å². The van der Waals surface area contributed by atoms with Crippen LogP contribution in [0.3, 0.4) is 0 Å². The second kappa shape index (κ2) is 6.07. The summed E-state index contributed by atoms with van der Waals surface area (Å²) in [5.74, 6) is -1.94. The summed E-state index contributed by atoms with van der Waals surface area (Å²) < 4.78 is 38.5. The number of hydrogen-bond acceptors (Lipinski definition) is 4. The van der Waals surface area contributed by atoms with Gasteiger partial charge in [0.2, 0.25) is 5.91 Å². The molecule has 0 unspecified atom stereocenters. The monoisotopic (exact) mass is 358 g/mol. The van der Waals surface area contributed by atoms with Crippen LogP contribution in [0.15, 0.2) is 24.3 Å². The highest BCUT2D eigenvalue weighted by molar-refractivity contribution is 6.10. The zero-order valence-electron chi connectivity index (χ0n) is 12.8. The topological polar surface area (TPSA) is 122 Å². The first-order valence-electron chi connectivity index (χ1n) is 6.86. The second-order valence-electron chi connectivity index (χ2n) is 5.44. The Kier molecular flexibility index (Phi) is 4.43. The normalized spacial score (nSPS) is 20.4. The highest BCUT2D eigenvalue weighted by Crippen LogP contribution is 2.34. The first kappa shape index (κ1) is 18.2. The minimum absolute atomic E-state index is 0.0986. The van der Waals surface area contributed by atoms with Crippen LogP contribution in [0.5, 0.6) is 0 Å². The van der Waals surface area contributed by atoms with Crippen molar-refractivity contribution in [3.8, 4) is 0 Å². The number of nitrogens with one attached hydrogen (secondary N) is 2. The van der Waals surface area contributed by atoms with E-state index in [-0.39, 0.29) is 5.56 Å². The van der Waals surface area contributed by atoms with Crippen LogP contribution in [0.4, 0.5) is 22.8 Å². The van der Waals surface area contributed by atoms with Gasteiger partial charge in [0, 0.05) is 0 Å². The van der Waals surface area contributed by atoms with Crippen molar-refractivity contribution in [2.24, 2.45) is 5.73 Å². The van der Waals surface area contributed by atoms with Crippen LogP contribution in [0.25, 0.3) is 0 Å². The van der Waals surface area contributed by atoms with Crippen molar-refractivity contribution in [2.75, 3.05) is 6.54 Å². The molecule has 1 aromatic carbocycles. The zero-order valence-corrected chi connectivity index (χ0v) is 12.8. The number of halogens is 3. The molecule has 0 radical (unpaired) electrons. The molecule has 1 fully saturated rings. The number of rotatable bonds is 3. The van der Waals surface area contributed by atoms with E-state index in [1.165, 1.54) is 13.0 Å². The van der Waals surface area contributed by atoms with Crippen LogP contribution in [-0.4, -0.2) is 35.3 Å². The van der Waals surface area contributed by atoms with Gasteiger partial charge in [0.15, 0.2) is 0 Å². The summed E-state index contributed by atoms with van der Waals surface area (Å²) in [6.45, 7) is 0.414. The molecule has 1 aliphatic heterocycles. The van der Waals surface area contributed by atoms with Crippen LogP contribution in [-0.2, 0) is 21.3 Å². The van der Waals surface area contributed by atoms with Crippen LogP contribution < -0.4 is 16.4 Å². The summed E-state index contributed by atoms with van der Waals surface area (Å²) in [5.41, 5.74) is 1.88. The smallest absolute Gasteiger partial charge is 0.351 e. The van der Waals surface area contributed by atoms with Gasteiger partial charge in [-0.05, 0) is 24.6 Å². The minimum atomic E-state index is -4.63. The molecule has 11 heteroatoms. The molecule has 6 amide bonds. The molecule has 134 valence electrons. The number of alkyl halides is 3. The first-order valence-corrected chi connectivity index (χ1v) is 6.86. The van der Waals surface area contributed by atoms with E-state index in [2.05, 4.69) is 5.32 Å². The van der Waals surface area contributed by atoms with Crippen molar-refractivity contribution < 1.29 is 32.3 Å². The Hall–Kier alpha value is -3.11. The average molecular weight is 358 g/mol. The van der Waals surface area contributed by atoms with E-state index in [9.17, 15) is 32.3 Å². The van der Waals surface area contributed by atoms with Gasteiger partial charge < -0.3 is 11.1 Å². The maximum atomic E-state index is 12.8. The Balaban J connectivity index is 2.31. The molecule has 0 saturated carbocycles. The van der Waals surface area contributed by atoms with Gasteiger partial charge in [0.25, 0.3) is 5.91 Å². The van der Waals surface area contributed by atoms with E-state index < -0.39 is 47.7 Å². The first-order chi connectivity index (χ1) is 11.4. The van der Waals surface area contributed by atoms with Crippen molar-refractivity contribution >= 4 is 23.9 Å². The van der Waals surface area contributed by atoms with Gasteiger partial charge in [-0.25, -0.2) is 9.59 Å². The van der Waals surface area contributed by atoms with E-state index >= 15 is 0 Å². The van der Waals surface area contributed by atoms with Gasteiger partial charge >= 0.3 is 18.2 Å². The van der Waals surface area contributed by atoms with Crippen LogP contribution >= 0.6 is 0 Å². The number of hydrogen-bond donors (Lipinski definition) is 3. The van der Waals surface area contributed by atoms with Crippen molar-refractivity contribution in [3.05, 3.63) is 35.4 Å². The fourth-order valence-electron chi connectivity index (χ4n) is 2.36. The minimum Gasteiger partial charge on any atom is -0.351 e. The molecule has 1 heterocycles. The molecule has 0 aliphatic carbocycles. The summed E-state index contributed by atoms with van der Waals surface area (Å²) in [7, 11) is 0. The third kappa shape index (κ3) is 3.54. The number of primary amides is 1. The standard InChI is InChI=1S/C14H13F3N4O4/c1-13(7-3-2-4-8(5-7)14(15,16)17)10(23)21(12(25)20-13)6-9(22)19-11(18)24/h2-5H,6H2,1H3,(H,20,25)(H3,18,19,22,24)/t13-/m0/s1. The van der Waals surface area contributed by atoms with Crippen molar-refractivity contribution in [1.82, 2.24) is 15.5 Å². The highest BCUT2D eigenvalue weighted by atomic mass is 19.4. The third-order valence-electron chi connectivity index (χ3n) is 3.61. The van der Waals surface area contributed by atoms with Gasteiger partial charge in [-0.1, -0.05) is 12.1 Å². The molecule has 0 spiro atoms. The van der Waals surface area contributed by atoms with Crippen LogP contribution in [0.2, 0.25) is 0 Å². The molecule has 0 aromatic heterocycles. The van der Waals surface area contributed by atoms with Crippen LogP contribution in [0, 0.1) is 0 Å². The fourth-order valence-corrected chi connectivity index (χ4v) is 2.36. The number of benzene rings is 1. The predicted molar refractivity (Wildman–Crippen MR) is 76.8 cm³/mol. The Morgan fingerprint density at radius 2 is 1.96 bits per heavy atom. The summed E-state index contributed by atoms with van der Waals surface area (Å²) in [5, 5.41) is 3.94. The highest BCUT2D eigenvalue weighted by Gasteiger charge is 2.50. The Bertz CT molecular complexity index is 765. The van der Waals surface area contributed by atoms with E-state index in [1.807, 2.05) is 0 Å². The molecule has 4 N–H and O–H groups in total. The lowest BCUT2D eigenvalue weighted by Gasteiger charge is -2.23. The number of urea groups is 2. The molecule has 1 aromatic rings. The summed E-state index contributed by atoms with van der Waals surface area (Å²) in [6.07, 6.45) is -4.63. The van der Waals surface area contributed by atoms with Gasteiger partial charge in [-0.3, -0.25) is 19.8 Å². The Morgan fingerprint density at radius 1 is 1.32 bits per heavy atom. The molecule has 1 atom stereocenters. The van der Waals surface area contributed by atoms with E-state index in [0.717, 1.165) is 18.2 Å². The summed E-state index contributed by atoms with van der Waals surface area (Å²) >= 11 is 0. The molecular weight excluding hydrogens is 345 g/mol. The number of nitrogens with zero attached hydrogens (tertiary/aromatic N) is 1. The number of amides is 6. The Morgan fingerprint density at radius 3 is 2.52 bits per heavy atom. The second-order valence-corrected chi connectivity index (χ2v) is 5.44. The lowest BCUT2D eigenvalue weighted by atomic mass is 9.90. The number of carbonyl (C=O) groups excluding carboxylic acids is 4. The summed E-state index contributed by atoms with van der Waals surface area (Å²) in [4.78, 5) is 47.0. The predicted octanol–water partition coefficient (Wildman–Crippen LogP) is 0.667. The fraction of sp³-hybridized carbons (Fsp3) is 0.286. The van der Waals surface area contributed by atoms with Gasteiger partial charge in [0.1, 0.15) is 12.1 Å². The third-order valence-corrected chi connectivity index (χ3v) is 3.61. The lowest BCUT2D eigenvalue weighted by Crippen LogP contribution is -2.45. The van der Waals surface area contributed by atoms with E-state index in [4.69, 9.17) is 5.73 Å². The SMILES string of the molecule is C[C@@]1(c2cccc(C(F)(F)F)c2)NC(=O)N(CC(=O)NC(N)=O)C1=O. The maximum absolute atomic E-state index is 12.8. The quantitative estimate of drug-likeness (QED) is 0.688. The van der Waals surface area contributed by atoms with Crippen molar-refractivity contribution in [2.45, 2.75) is 18.6 Å². The van der Waals surface area contributed by atoms with Crippen LogP contribution in [0.1, 0.15) is 18.1 Å². The number of imide groups is 2. The largest absolute Gasteiger partial charge is 0.416 e. The molecule has 25 heavy (non-hydrogen) atoms. The molecule has 2 rings (SSSR count).